The van der Waals surface area contributed by atoms with E-state index >= 15 is 0 Å². The van der Waals surface area contributed by atoms with E-state index in [1.54, 1.807) is 6.20 Å². The van der Waals surface area contributed by atoms with Crippen LogP contribution in [0.1, 0.15) is 37.0 Å². The van der Waals surface area contributed by atoms with Crippen LogP contribution in [0.5, 0.6) is 0 Å². The summed E-state index contributed by atoms with van der Waals surface area (Å²) >= 11 is 0. The molecule has 122 valence electrons. The van der Waals surface area contributed by atoms with Crippen LogP contribution in [-0.2, 0) is 16.0 Å². The van der Waals surface area contributed by atoms with Gasteiger partial charge in [-0.1, -0.05) is 48.5 Å². The molecule has 0 radical (unpaired) electrons. The van der Waals surface area contributed by atoms with E-state index in [-0.39, 0.29) is 12.1 Å². The van der Waals surface area contributed by atoms with E-state index in [1.807, 2.05) is 55.5 Å². The molecule has 3 nitrogen and oxygen atoms in total. The van der Waals surface area contributed by atoms with Crippen molar-refractivity contribution in [3.8, 4) is 0 Å². The van der Waals surface area contributed by atoms with Crippen molar-refractivity contribution < 1.29 is 9.53 Å². The number of fused-ring (bicyclic) bond motifs is 1. The molecular weight excluding hydrogens is 298 g/mol. The van der Waals surface area contributed by atoms with Crippen molar-refractivity contribution in [1.29, 1.82) is 0 Å². The number of esters is 1. The van der Waals surface area contributed by atoms with Crippen LogP contribution in [0.4, 0.5) is 0 Å². The number of nitrogens with zero attached hydrogens (tertiary/aromatic N) is 1. The topological polar surface area (TPSA) is 39.2 Å². The lowest BCUT2D eigenvalue weighted by atomic mass is 10.1. The maximum Gasteiger partial charge on any atom is 0.306 e. The molecule has 0 aliphatic carbocycles. The molecule has 0 aliphatic rings. The second-order valence-electron chi connectivity index (χ2n) is 5.93. The molecule has 24 heavy (non-hydrogen) atoms. The van der Waals surface area contributed by atoms with E-state index in [0.29, 0.717) is 6.42 Å². The zero-order valence-electron chi connectivity index (χ0n) is 13.8. The van der Waals surface area contributed by atoms with Gasteiger partial charge >= 0.3 is 5.97 Å². The molecule has 3 aromatic rings. The molecule has 2 aromatic carbocycles. The Kier molecular flexibility index (Phi) is 5.22. The SMILES string of the molecule is CC(OC(=O)CCCc1ccccc1)c1cnc2ccccc2c1. The third-order valence-electron chi connectivity index (χ3n) is 4.08. The van der Waals surface area contributed by atoms with Gasteiger partial charge in [0.2, 0.25) is 0 Å². The molecule has 0 saturated carbocycles. The van der Waals surface area contributed by atoms with Crippen molar-refractivity contribution in [2.45, 2.75) is 32.3 Å². The first kappa shape index (κ1) is 16.2. The summed E-state index contributed by atoms with van der Waals surface area (Å²) in [5.74, 6) is -0.161. The van der Waals surface area contributed by atoms with E-state index in [9.17, 15) is 4.79 Å². The van der Waals surface area contributed by atoms with Gasteiger partial charge in [0.1, 0.15) is 6.10 Å². The van der Waals surface area contributed by atoms with Crippen LogP contribution >= 0.6 is 0 Å². The first-order valence-electron chi connectivity index (χ1n) is 8.30. The minimum absolute atomic E-state index is 0.161. The monoisotopic (exact) mass is 319 g/mol. The number of para-hydroxylation sites is 1. The third kappa shape index (κ3) is 4.19. The summed E-state index contributed by atoms with van der Waals surface area (Å²) in [5.41, 5.74) is 3.12. The second-order valence-corrected chi connectivity index (χ2v) is 5.93. The van der Waals surface area contributed by atoms with E-state index < -0.39 is 0 Å². The minimum Gasteiger partial charge on any atom is -0.458 e. The number of hydrogen-bond acceptors (Lipinski definition) is 3. The van der Waals surface area contributed by atoms with Gasteiger partial charge in [0, 0.05) is 23.6 Å². The van der Waals surface area contributed by atoms with E-state index in [2.05, 4.69) is 17.1 Å². The Morgan fingerprint density at radius 2 is 1.83 bits per heavy atom. The molecule has 0 amide bonds. The predicted octanol–water partition coefficient (Wildman–Crippen LogP) is 4.86. The van der Waals surface area contributed by atoms with Crippen LogP contribution in [0, 0.1) is 0 Å². The van der Waals surface area contributed by atoms with Crippen LogP contribution in [0.15, 0.2) is 66.9 Å². The average Bonchev–Trinajstić information content (AvgIpc) is 2.62. The highest BCUT2D eigenvalue weighted by atomic mass is 16.5. The molecule has 0 fully saturated rings. The van der Waals surface area contributed by atoms with Gasteiger partial charge in [0.15, 0.2) is 0 Å². The van der Waals surface area contributed by atoms with Gasteiger partial charge in [-0.3, -0.25) is 9.78 Å². The highest BCUT2D eigenvalue weighted by Gasteiger charge is 2.12. The lowest BCUT2D eigenvalue weighted by Gasteiger charge is -2.14. The van der Waals surface area contributed by atoms with Gasteiger partial charge in [-0.15, -0.1) is 0 Å². The molecular formula is C21H21NO2. The van der Waals surface area contributed by atoms with Crippen molar-refractivity contribution in [3.05, 3.63) is 78.0 Å². The molecule has 0 N–H and O–H groups in total. The van der Waals surface area contributed by atoms with Gasteiger partial charge in [0.05, 0.1) is 5.52 Å². The number of rotatable bonds is 6. The smallest absolute Gasteiger partial charge is 0.306 e. The molecule has 0 saturated heterocycles. The van der Waals surface area contributed by atoms with Gasteiger partial charge in [-0.2, -0.15) is 0 Å². The quantitative estimate of drug-likeness (QED) is 0.609. The summed E-state index contributed by atoms with van der Waals surface area (Å²) in [6, 6.07) is 20.1. The van der Waals surface area contributed by atoms with Crippen molar-refractivity contribution in [1.82, 2.24) is 4.98 Å². The van der Waals surface area contributed by atoms with Gasteiger partial charge in [-0.05, 0) is 37.5 Å². The van der Waals surface area contributed by atoms with Crippen LogP contribution in [-0.4, -0.2) is 11.0 Å². The Morgan fingerprint density at radius 3 is 2.67 bits per heavy atom. The summed E-state index contributed by atoms with van der Waals surface area (Å²) in [7, 11) is 0. The Morgan fingerprint density at radius 1 is 1.08 bits per heavy atom. The summed E-state index contributed by atoms with van der Waals surface area (Å²) < 4.78 is 5.54. The molecule has 0 bridgehead atoms. The highest BCUT2D eigenvalue weighted by Crippen LogP contribution is 2.21. The number of carbonyl (C=O) groups excluding carboxylic acids is 1. The Labute approximate surface area is 142 Å². The number of carbonyl (C=O) groups is 1. The number of ether oxygens (including phenoxy) is 1. The molecule has 3 rings (SSSR count). The highest BCUT2D eigenvalue weighted by molar-refractivity contribution is 5.79. The normalized spacial score (nSPS) is 12.0. The van der Waals surface area contributed by atoms with Crippen molar-refractivity contribution in [2.24, 2.45) is 0 Å². The fourth-order valence-electron chi connectivity index (χ4n) is 2.72. The lowest BCUT2D eigenvalue weighted by molar-refractivity contribution is -0.148. The number of aryl methyl sites for hydroxylation is 1. The van der Waals surface area contributed by atoms with Gasteiger partial charge in [0.25, 0.3) is 0 Å². The fourth-order valence-corrected chi connectivity index (χ4v) is 2.72. The van der Waals surface area contributed by atoms with Crippen LogP contribution in [0.3, 0.4) is 0 Å². The maximum absolute atomic E-state index is 12.0. The minimum atomic E-state index is -0.286. The number of pyridine rings is 1. The Hall–Kier alpha value is -2.68. The van der Waals surface area contributed by atoms with E-state index in [4.69, 9.17) is 4.74 Å². The molecule has 1 atom stereocenters. The van der Waals surface area contributed by atoms with Crippen LogP contribution in [0.25, 0.3) is 10.9 Å². The fraction of sp³-hybridized carbons (Fsp3) is 0.238. The Bertz CT molecular complexity index is 814. The summed E-state index contributed by atoms with van der Waals surface area (Å²) in [4.78, 5) is 16.5. The zero-order chi connectivity index (χ0) is 16.8. The van der Waals surface area contributed by atoms with Crippen molar-refractivity contribution in [2.75, 3.05) is 0 Å². The summed E-state index contributed by atoms with van der Waals surface area (Å²) in [5, 5.41) is 1.06. The summed E-state index contributed by atoms with van der Waals surface area (Å²) in [6.45, 7) is 1.89. The molecule has 1 unspecified atom stereocenters. The van der Waals surface area contributed by atoms with Gasteiger partial charge in [-0.25, -0.2) is 0 Å². The number of aromatic nitrogens is 1. The number of hydrogen-bond donors (Lipinski definition) is 0. The first-order chi connectivity index (χ1) is 11.7. The van der Waals surface area contributed by atoms with Crippen LogP contribution in [0.2, 0.25) is 0 Å². The molecule has 1 heterocycles. The lowest BCUT2D eigenvalue weighted by Crippen LogP contribution is -2.09. The van der Waals surface area contributed by atoms with E-state index in [1.165, 1.54) is 5.56 Å². The maximum atomic E-state index is 12.0. The van der Waals surface area contributed by atoms with Crippen molar-refractivity contribution in [3.63, 3.8) is 0 Å². The number of benzene rings is 2. The summed E-state index contributed by atoms with van der Waals surface area (Å²) in [6.07, 6.45) is 3.61. The molecule has 1 aromatic heterocycles. The first-order valence-corrected chi connectivity index (χ1v) is 8.30. The second kappa shape index (κ2) is 7.73. The largest absolute Gasteiger partial charge is 0.458 e. The van der Waals surface area contributed by atoms with Crippen molar-refractivity contribution >= 4 is 16.9 Å². The average molecular weight is 319 g/mol. The molecule has 0 spiro atoms. The predicted molar refractivity (Wildman–Crippen MR) is 95.6 cm³/mol. The molecule has 3 heteroatoms. The van der Waals surface area contributed by atoms with Gasteiger partial charge < -0.3 is 4.74 Å². The zero-order valence-corrected chi connectivity index (χ0v) is 13.8. The Balaban J connectivity index is 1.53. The van der Waals surface area contributed by atoms with E-state index in [0.717, 1.165) is 29.3 Å². The standard InChI is InChI=1S/C21H21NO2/c1-16(19-14-18-11-5-6-12-20(18)22-15-19)24-21(23)13-7-10-17-8-3-2-4-9-17/h2-6,8-9,11-12,14-16H,7,10,13H2,1H3. The van der Waals surface area contributed by atoms with Crippen LogP contribution < -0.4 is 0 Å². The molecule has 0 aliphatic heterocycles. The third-order valence-corrected chi connectivity index (χ3v) is 4.08.